The summed E-state index contributed by atoms with van der Waals surface area (Å²) in [6, 6.07) is 17.0. The van der Waals surface area contributed by atoms with Crippen LogP contribution in [-0.4, -0.2) is 47.3 Å². The zero-order valence-corrected chi connectivity index (χ0v) is 18.7. The number of piperidine rings is 1. The summed E-state index contributed by atoms with van der Waals surface area (Å²) in [5, 5.41) is 0. The van der Waals surface area contributed by atoms with Gasteiger partial charge in [0, 0.05) is 38.0 Å². The van der Waals surface area contributed by atoms with Crippen molar-refractivity contribution in [1.82, 2.24) is 9.80 Å². The van der Waals surface area contributed by atoms with Crippen LogP contribution in [0.25, 0.3) is 0 Å². The summed E-state index contributed by atoms with van der Waals surface area (Å²) in [5.74, 6) is -0.0531. The van der Waals surface area contributed by atoms with E-state index in [4.69, 9.17) is 0 Å². The van der Waals surface area contributed by atoms with E-state index in [1.165, 1.54) is 6.07 Å². The lowest BCUT2D eigenvalue weighted by Gasteiger charge is -2.46. The number of carbonyl (C=O) groups excluding carboxylic acids is 2. The number of rotatable bonds is 3. The Morgan fingerprint density at radius 3 is 2.38 bits per heavy atom. The highest BCUT2D eigenvalue weighted by atomic mass is 19.1. The fourth-order valence-corrected chi connectivity index (χ4v) is 6.60. The molecule has 1 saturated carbocycles. The van der Waals surface area contributed by atoms with E-state index in [0.29, 0.717) is 37.9 Å². The number of hydrogen-bond donors (Lipinski definition) is 0. The average Bonchev–Trinajstić information content (AvgIpc) is 3.45. The Morgan fingerprint density at radius 1 is 0.969 bits per heavy atom. The first-order chi connectivity index (χ1) is 15.5. The van der Waals surface area contributed by atoms with Gasteiger partial charge in [-0.15, -0.1) is 0 Å². The van der Waals surface area contributed by atoms with Gasteiger partial charge in [-0.1, -0.05) is 61.4 Å². The number of likely N-dealkylation sites (tertiary alicyclic amines) is 2. The maximum atomic E-state index is 14.9. The van der Waals surface area contributed by atoms with Crippen LogP contribution in [0.3, 0.4) is 0 Å². The predicted molar refractivity (Wildman–Crippen MR) is 122 cm³/mol. The summed E-state index contributed by atoms with van der Waals surface area (Å²) in [5.41, 5.74) is 0.500. The summed E-state index contributed by atoms with van der Waals surface area (Å²) >= 11 is 0. The van der Waals surface area contributed by atoms with Crippen molar-refractivity contribution in [3.63, 3.8) is 0 Å². The van der Waals surface area contributed by atoms with Crippen molar-refractivity contribution in [3.8, 4) is 0 Å². The lowest BCUT2D eigenvalue weighted by Crippen LogP contribution is -2.57. The maximum absolute atomic E-state index is 14.9. The van der Waals surface area contributed by atoms with Crippen LogP contribution < -0.4 is 0 Å². The normalized spacial score (nSPS) is 27.3. The Bertz CT molecular complexity index is 1020. The molecule has 0 N–H and O–H groups in total. The molecule has 2 saturated heterocycles. The summed E-state index contributed by atoms with van der Waals surface area (Å²) in [6.45, 7) is 1.08. The Balaban J connectivity index is 1.55. The van der Waals surface area contributed by atoms with Crippen molar-refractivity contribution in [1.29, 1.82) is 0 Å². The molecule has 2 heterocycles. The monoisotopic (exact) mass is 434 g/mol. The molecule has 0 aromatic heterocycles. The molecular weight excluding hydrogens is 403 g/mol. The molecule has 2 aromatic rings. The van der Waals surface area contributed by atoms with Gasteiger partial charge in [0.1, 0.15) is 5.82 Å². The molecule has 5 heteroatoms. The third-order valence-electron chi connectivity index (χ3n) is 8.30. The van der Waals surface area contributed by atoms with Crippen molar-refractivity contribution in [3.05, 3.63) is 71.5 Å². The first-order valence-corrected chi connectivity index (χ1v) is 11.8. The minimum absolute atomic E-state index is 0.0318. The van der Waals surface area contributed by atoms with Crippen LogP contribution in [0.1, 0.15) is 62.0 Å². The highest BCUT2D eigenvalue weighted by Gasteiger charge is 2.56. The molecule has 5 rings (SSSR count). The Kier molecular flexibility index (Phi) is 5.31. The highest BCUT2D eigenvalue weighted by Crippen LogP contribution is 2.49. The second-order valence-electron chi connectivity index (χ2n) is 9.83. The molecule has 0 unspecified atom stereocenters. The van der Waals surface area contributed by atoms with Crippen LogP contribution in [0, 0.1) is 5.82 Å². The second-order valence-corrected chi connectivity index (χ2v) is 9.83. The predicted octanol–water partition coefficient (Wildman–Crippen LogP) is 4.64. The molecule has 1 spiro atoms. The van der Waals surface area contributed by atoms with Gasteiger partial charge in [-0.3, -0.25) is 9.59 Å². The largest absolute Gasteiger partial charge is 0.339 e. The van der Waals surface area contributed by atoms with Crippen LogP contribution in [0.2, 0.25) is 0 Å². The number of nitrogens with zero attached hydrogens (tertiary/aromatic N) is 2. The molecule has 32 heavy (non-hydrogen) atoms. The summed E-state index contributed by atoms with van der Waals surface area (Å²) < 4.78 is 14.9. The molecule has 2 amide bonds. The molecule has 0 radical (unpaired) electrons. The third-order valence-corrected chi connectivity index (χ3v) is 8.30. The van der Waals surface area contributed by atoms with Gasteiger partial charge in [0.2, 0.25) is 11.8 Å². The number of likely N-dealkylation sites (N-methyl/N-ethyl adjacent to an activating group) is 1. The van der Waals surface area contributed by atoms with Gasteiger partial charge in [-0.05, 0) is 37.3 Å². The van der Waals surface area contributed by atoms with Crippen molar-refractivity contribution in [2.24, 2.45) is 0 Å². The number of halogens is 1. The minimum Gasteiger partial charge on any atom is -0.339 e. The molecule has 0 bridgehead atoms. The molecule has 4 nitrogen and oxygen atoms in total. The standard InChI is InChI=1S/C27H31FN2O2/c1-29-24(31)14-9-17-27(29)19-30(18-22(27)20-10-3-2-4-11-20)25(32)26(15-7-8-16-26)21-12-5-6-13-23(21)28/h2-6,10-13,22H,7-9,14-19H2,1H3/t22-,27+/m0/s1. The van der Waals surface area contributed by atoms with Gasteiger partial charge >= 0.3 is 0 Å². The van der Waals surface area contributed by atoms with Gasteiger partial charge in [-0.25, -0.2) is 4.39 Å². The Labute approximate surface area is 189 Å². The van der Waals surface area contributed by atoms with Crippen LogP contribution >= 0.6 is 0 Å². The van der Waals surface area contributed by atoms with Crippen LogP contribution in [0.15, 0.2) is 54.6 Å². The van der Waals surface area contributed by atoms with Crippen molar-refractivity contribution in [2.45, 2.75) is 61.8 Å². The van der Waals surface area contributed by atoms with Gasteiger partial charge in [0.05, 0.1) is 11.0 Å². The fraction of sp³-hybridized carbons (Fsp3) is 0.481. The summed E-state index contributed by atoms with van der Waals surface area (Å²) in [4.78, 5) is 30.8. The van der Waals surface area contributed by atoms with Gasteiger partial charge in [-0.2, -0.15) is 0 Å². The van der Waals surface area contributed by atoms with Crippen LogP contribution in [-0.2, 0) is 15.0 Å². The van der Waals surface area contributed by atoms with E-state index in [0.717, 1.165) is 31.2 Å². The Morgan fingerprint density at radius 2 is 1.66 bits per heavy atom. The van der Waals surface area contributed by atoms with Crippen LogP contribution in [0.4, 0.5) is 4.39 Å². The fourth-order valence-electron chi connectivity index (χ4n) is 6.60. The molecule has 2 aliphatic heterocycles. The number of amides is 2. The minimum atomic E-state index is -0.796. The van der Waals surface area contributed by atoms with Gasteiger partial charge in [0.15, 0.2) is 0 Å². The van der Waals surface area contributed by atoms with E-state index in [2.05, 4.69) is 12.1 Å². The van der Waals surface area contributed by atoms with E-state index in [-0.39, 0.29) is 23.5 Å². The van der Waals surface area contributed by atoms with Gasteiger partial charge < -0.3 is 9.80 Å². The van der Waals surface area contributed by atoms with Crippen LogP contribution in [0.5, 0.6) is 0 Å². The maximum Gasteiger partial charge on any atom is 0.233 e. The molecule has 1 aliphatic carbocycles. The highest BCUT2D eigenvalue weighted by molar-refractivity contribution is 5.89. The SMILES string of the molecule is CN1C(=O)CCC[C@]12CN(C(=O)C1(c3ccccc3F)CCCC1)C[C@H]2c1ccccc1. The zero-order valence-electron chi connectivity index (χ0n) is 18.7. The Hall–Kier alpha value is -2.69. The van der Waals surface area contributed by atoms with E-state index in [9.17, 15) is 14.0 Å². The van der Waals surface area contributed by atoms with E-state index >= 15 is 0 Å². The van der Waals surface area contributed by atoms with E-state index in [1.807, 2.05) is 41.1 Å². The van der Waals surface area contributed by atoms with Crippen molar-refractivity contribution >= 4 is 11.8 Å². The lowest BCUT2D eigenvalue weighted by atomic mass is 9.75. The summed E-state index contributed by atoms with van der Waals surface area (Å²) in [7, 11) is 1.90. The van der Waals surface area contributed by atoms with E-state index in [1.54, 1.807) is 12.1 Å². The van der Waals surface area contributed by atoms with Gasteiger partial charge in [0.25, 0.3) is 0 Å². The van der Waals surface area contributed by atoms with E-state index < -0.39 is 11.0 Å². The molecule has 3 aliphatic rings. The summed E-state index contributed by atoms with van der Waals surface area (Å²) in [6.07, 6.45) is 5.51. The molecule has 168 valence electrons. The smallest absolute Gasteiger partial charge is 0.233 e. The molecule has 2 atom stereocenters. The zero-order chi connectivity index (χ0) is 22.3. The second kappa shape index (κ2) is 8.02. The van der Waals surface area contributed by atoms with Crippen molar-refractivity contribution in [2.75, 3.05) is 20.1 Å². The first kappa shape index (κ1) is 21.2. The molecular formula is C27H31FN2O2. The number of carbonyl (C=O) groups is 2. The molecule has 2 aromatic carbocycles. The lowest BCUT2D eigenvalue weighted by molar-refractivity contribution is -0.142. The first-order valence-electron chi connectivity index (χ1n) is 11.8. The number of hydrogen-bond acceptors (Lipinski definition) is 2. The number of benzene rings is 2. The van der Waals surface area contributed by atoms with Crippen molar-refractivity contribution < 1.29 is 14.0 Å². The third kappa shape index (κ3) is 3.16. The molecule has 3 fully saturated rings. The average molecular weight is 435 g/mol. The quantitative estimate of drug-likeness (QED) is 0.706. The topological polar surface area (TPSA) is 40.6 Å².